The van der Waals surface area contributed by atoms with Crippen molar-refractivity contribution in [3.63, 3.8) is 0 Å². The average Bonchev–Trinajstić information content (AvgIpc) is 2.89. The fraction of sp³-hybridized carbons (Fsp3) is 0.842. The lowest BCUT2D eigenvalue weighted by Gasteiger charge is -2.05. The quantitative estimate of drug-likeness (QED) is 0.346. The van der Waals surface area contributed by atoms with Crippen LogP contribution in [0.15, 0.2) is 12.4 Å². The van der Waals surface area contributed by atoms with Gasteiger partial charge < -0.3 is 0 Å². The summed E-state index contributed by atoms with van der Waals surface area (Å²) in [7, 11) is 0. The molecule has 0 aliphatic heterocycles. The molecule has 0 spiro atoms. The maximum absolute atomic E-state index is 2.51. The van der Waals surface area contributed by atoms with Crippen LogP contribution in [0.1, 0.15) is 90.8 Å². The van der Waals surface area contributed by atoms with Gasteiger partial charge in [-0.1, -0.05) is 58.8 Å². The van der Waals surface area contributed by atoms with Gasteiger partial charge in [0.1, 0.15) is 12.4 Å². The molecule has 0 aromatic carbocycles. The molecule has 0 aliphatic rings. The lowest BCUT2D eigenvalue weighted by atomic mass is 10.1. The highest BCUT2D eigenvalue weighted by Gasteiger charge is 2.14. The van der Waals surface area contributed by atoms with Crippen molar-refractivity contribution in [2.45, 2.75) is 104 Å². The van der Waals surface area contributed by atoms with Crippen molar-refractivity contribution >= 4 is 0 Å². The standard InChI is InChI=1S/C19H37N2/c1-4-7-9-11-12-14-16-21-18-17-20(6-3)19(21)15-13-10-8-5-2/h17-18H,4-16H2,1-3H3/q+1. The monoisotopic (exact) mass is 293 g/mol. The van der Waals surface area contributed by atoms with Crippen molar-refractivity contribution in [3.05, 3.63) is 18.2 Å². The van der Waals surface area contributed by atoms with Crippen molar-refractivity contribution in [2.24, 2.45) is 0 Å². The molecule has 0 bridgehead atoms. The van der Waals surface area contributed by atoms with Gasteiger partial charge in [-0.3, -0.25) is 0 Å². The van der Waals surface area contributed by atoms with Crippen molar-refractivity contribution in [1.82, 2.24) is 4.57 Å². The van der Waals surface area contributed by atoms with E-state index in [1.807, 2.05) is 0 Å². The highest BCUT2D eigenvalue weighted by Crippen LogP contribution is 2.09. The zero-order valence-electron chi connectivity index (χ0n) is 14.7. The van der Waals surface area contributed by atoms with Gasteiger partial charge in [0.2, 0.25) is 0 Å². The Morgan fingerprint density at radius 2 is 1.43 bits per heavy atom. The molecule has 0 saturated carbocycles. The molecule has 122 valence electrons. The maximum atomic E-state index is 2.51. The molecule has 1 heterocycles. The van der Waals surface area contributed by atoms with Crippen LogP contribution in [-0.2, 0) is 19.5 Å². The second-order valence-corrected chi connectivity index (χ2v) is 6.27. The summed E-state index contributed by atoms with van der Waals surface area (Å²) in [5, 5.41) is 0. The SMILES string of the molecule is CCCCCCCCn1cc[n+](CC)c1CCCCCC. The summed E-state index contributed by atoms with van der Waals surface area (Å²) in [4.78, 5) is 0. The second-order valence-electron chi connectivity index (χ2n) is 6.27. The Hall–Kier alpha value is -0.790. The molecule has 1 aromatic rings. The minimum atomic E-state index is 1.10. The van der Waals surface area contributed by atoms with E-state index in [9.17, 15) is 0 Å². The summed E-state index contributed by atoms with van der Waals surface area (Å²) in [5.41, 5.74) is 0. The fourth-order valence-corrected chi connectivity index (χ4v) is 3.05. The van der Waals surface area contributed by atoms with Gasteiger partial charge in [-0.25, -0.2) is 9.13 Å². The number of aromatic nitrogens is 2. The first-order chi connectivity index (χ1) is 10.3. The number of unbranched alkanes of at least 4 members (excludes halogenated alkanes) is 8. The molecule has 1 aromatic heterocycles. The van der Waals surface area contributed by atoms with Gasteiger partial charge in [-0.05, 0) is 26.2 Å². The first-order valence-electron chi connectivity index (χ1n) is 9.40. The van der Waals surface area contributed by atoms with Gasteiger partial charge in [-0.15, -0.1) is 0 Å². The van der Waals surface area contributed by atoms with E-state index in [1.165, 1.54) is 77.2 Å². The largest absolute Gasteiger partial charge is 0.256 e. The number of hydrogen-bond acceptors (Lipinski definition) is 0. The molecule has 0 atom stereocenters. The van der Waals surface area contributed by atoms with E-state index < -0.39 is 0 Å². The van der Waals surface area contributed by atoms with E-state index in [4.69, 9.17) is 0 Å². The van der Waals surface area contributed by atoms with Crippen LogP contribution in [0.4, 0.5) is 0 Å². The summed E-state index contributed by atoms with van der Waals surface area (Å²) in [5.74, 6) is 1.54. The van der Waals surface area contributed by atoms with Gasteiger partial charge in [0.25, 0.3) is 5.82 Å². The highest BCUT2D eigenvalue weighted by molar-refractivity contribution is 4.84. The second kappa shape index (κ2) is 11.8. The van der Waals surface area contributed by atoms with Gasteiger partial charge in [0.05, 0.1) is 13.1 Å². The van der Waals surface area contributed by atoms with E-state index in [0.717, 1.165) is 6.54 Å². The lowest BCUT2D eigenvalue weighted by molar-refractivity contribution is -0.700. The molecule has 0 radical (unpaired) electrons. The lowest BCUT2D eigenvalue weighted by Crippen LogP contribution is -2.36. The molecule has 21 heavy (non-hydrogen) atoms. The van der Waals surface area contributed by atoms with E-state index in [-0.39, 0.29) is 0 Å². The Balaban J connectivity index is 2.36. The molecule has 0 amide bonds. The molecule has 1 rings (SSSR count). The molecular weight excluding hydrogens is 256 g/mol. The zero-order chi connectivity index (χ0) is 15.3. The normalized spacial score (nSPS) is 11.2. The van der Waals surface area contributed by atoms with Crippen LogP contribution >= 0.6 is 0 Å². The van der Waals surface area contributed by atoms with Crippen molar-refractivity contribution < 1.29 is 4.57 Å². The summed E-state index contributed by atoms with van der Waals surface area (Å²) < 4.78 is 4.94. The summed E-state index contributed by atoms with van der Waals surface area (Å²) in [6, 6.07) is 0. The average molecular weight is 294 g/mol. The smallest absolute Gasteiger partial charge is 0.235 e. The van der Waals surface area contributed by atoms with Gasteiger partial charge in [0, 0.05) is 6.42 Å². The Morgan fingerprint density at radius 3 is 2.10 bits per heavy atom. The van der Waals surface area contributed by atoms with E-state index in [1.54, 1.807) is 5.82 Å². The van der Waals surface area contributed by atoms with E-state index >= 15 is 0 Å². The number of imidazole rings is 1. The fourth-order valence-electron chi connectivity index (χ4n) is 3.05. The third-order valence-corrected chi connectivity index (χ3v) is 4.44. The number of aryl methyl sites for hydroxylation is 2. The van der Waals surface area contributed by atoms with Crippen LogP contribution < -0.4 is 4.57 Å². The van der Waals surface area contributed by atoms with E-state index in [0.29, 0.717) is 0 Å². The predicted octanol–water partition coefficient (Wildman–Crippen LogP) is 5.28. The van der Waals surface area contributed by atoms with Crippen molar-refractivity contribution in [2.75, 3.05) is 0 Å². The molecule has 0 aliphatic carbocycles. The molecule has 0 fully saturated rings. The Labute approximate surface area is 132 Å². The van der Waals surface area contributed by atoms with E-state index in [2.05, 4.69) is 42.3 Å². The van der Waals surface area contributed by atoms with Crippen molar-refractivity contribution in [3.8, 4) is 0 Å². The first kappa shape index (κ1) is 18.3. The first-order valence-corrected chi connectivity index (χ1v) is 9.40. The third kappa shape index (κ3) is 7.15. The van der Waals surface area contributed by atoms with Gasteiger partial charge in [0.15, 0.2) is 0 Å². The minimum absolute atomic E-state index is 1.10. The van der Waals surface area contributed by atoms with Crippen LogP contribution in [-0.4, -0.2) is 4.57 Å². The zero-order valence-corrected chi connectivity index (χ0v) is 14.7. The van der Waals surface area contributed by atoms with Crippen LogP contribution in [0.3, 0.4) is 0 Å². The van der Waals surface area contributed by atoms with Gasteiger partial charge >= 0.3 is 0 Å². The molecular formula is C19H37N2+. The van der Waals surface area contributed by atoms with Crippen LogP contribution in [0.25, 0.3) is 0 Å². The molecule has 2 heteroatoms. The number of hydrogen-bond donors (Lipinski definition) is 0. The highest BCUT2D eigenvalue weighted by atomic mass is 15.1. The molecule has 0 unspecified atom stereocenters. The molecule has 0 saturated heterocycles. The summed E-state index contributed by atoms with van der Waals surface area (Å²) in [6.07, 6.45) is 19.5. The Bertz CT molecular complexity index is 354. The van der Waals surface area contributed by atoms with Crippen LogP contribution in [0, 0.1) is 0 Å². The topological polar surface area (TPSA) is 8.81 Å². The molecule has 0 N–H and O–H groups in total. The van der Waals surface area contributed by atoms with Crippen LogP contribution in [0.5, 0.6) is 0 Å². The third-order valence-electron chi connectivity index (χ3n) is 4.44. The van der Waals surface area contributed by atoms with Gasteiger partial charge in [-0.2, -0.15) is 0 Å². The molecule has 2 nitrogen and oxygen atoms in total. The number of nitrogens with zero attached hydrogens (tertiary/aromatic N) is 2. The van der Waals surface area contributed by atoms with Crippen molar-refractivity contribution in [1.29, 1.82) is 0 Å². The summed E-state index contributed by atoms with van der Waals surface area (Å²) >= 11 is 0. The Morgan fingerprint density at radius 1 is 0.810 bits per heavy atom. The van der Waals surface area contributed by atoms with Crippen LogP contribution in [0.2, 0.25) is 0 Å². The summed E-state index contributed by atoms with van der Waals surface area (Å²) in [6.45, 7) is 9.14. The number of rotatable bonds is 13. The Kier molecular flexibility index (Phi) is 10.3. The predicted molar refractivity (Wildman–Crippen MR) is 91.5 cm³/mol. The maximum Gasteiger partial charge on any atom is 0.256 e. The minimum Gasteiger partial charge on any atom is -0.235 e.